The Labute approximate surface area is 122 Å². The van der Waals surface area contributed by atoms with E-state index >= 15 is 0 Å². The van der Waals surface area contributed by atoms with Crippen molar-refractivity contribution in [2.24, 2.45) is 0 Å². The average molecular weight is 290 g/mol. The lowest BCUT2D eigenvalue weighted by atomic mass is 10.2. The molecule has 1 aromatic heterocycles. The molecule has 1 aromatic carbocycles. The summed E-state index contributed by atoms with van der Waals surface area (Å²) in [6.45, 7) is 6.45. The molecule has 112 valence electrons. The molecule has 0 radical (unpaired) electrons. The van der Waals surface area contributed by atoms with Crippen LogP contribution in [-0.2, 0) is 6.54 Å². The Morgan fingerprint density at radius 3 is 2.76 bits per heavy atom. The Kier molecular flexibility index (Phi) is 4.42. The zero-order valence-corrected chi connectivity index (χ0v) is 12.3. The van der Waals surface area contributed by atoms with Crippen molar-refractivity contribution in [1.82, 2.24) is 10.2 Å². The van der Waals surface area contributed by atoms with Gasteiger partial charge in [-0.25, -0.2) is 0 Å². The maximum Gasteiger partial charge on any atom is 0.333 e. The van der Waals surface area contributed by atoms with E-state index in [2.05, 4.69) is 15.5 Å². The van der Waals surface area contributed by atoms with Crippen molar-refractivity contribution >= 4 is 11.4 Å². The minimum absolute atomic E-state index is 0.0434. The lowest BCUT2D eigenvalue weighted by molar-refractivity contribution is -0.384. The molecule has 1 heterocycles. The second kappa shape index (κ2) is 6.25. The molecule has 0 unspecified atom stereocenters. The van der Waals surface area contributed by atoms with Gasteiger partial charge in [-0.2, -0.15) is 5.10 Å². The predicted molar refractivity (Wildman–Crippen MR) is 79.7 cm³/mol. The van der Waals surface area contributed by atoms with Gasteiger partial charge in [0.25, 0.3) is 0 Å². The van der Waals surface area contributed by atoms with E-state index in [1.165, 1.54) is 0 Å². The number of aromatic nitrogens is 2. The number of nitrogens with zero attached hydrogens (tertiary/aromatic N) is 2. The van der Waals surface area contributed by atoms with Crippen LogP contribution in [0.3, 0.4) is 0 Å². The van der Waals surface area contributed by atoms with E-state index in [0.29, 0.717) is 18.8 Å². The fourth-order valence-electron chi connectivity index (χ4n) is 2.14. The van der Waals surface area contributed by atoms with Gasteiger partial charge in [0, 0.05) is 17.8 Å². The number of rotatable bonds is 6. The highest BCUT2D eigenvalue weighted by Crippen LogP contribution is 2.35. The molecule has 0 aliphatic heterocycles. The Bertz CT molecular complexity index is 632. The SMILES string of the molecule is CCOc1cccc(NCc2c(C)n[nH]c2C)c1[N+](=O)[O-]. The maximum atomic E-state index is 11.3. The van der Waals surface area contributed by atoms with Crippen LogP contribution in [0.15, 0.2) is 18.2 Å². The first-order chi connectivity index (χ1) is 10.0. The third kappa shape index (κ3) is 3.13. The summed E-state index contributed by atoms with van der Waals surface area (Å²) in [4.78, 5) is 10.9. The van der Waals surface area contributed by atoms with Crippen molar-refractivity contribution in [3.63, 3.8) is 0 Å². The van der Waals surface area contributed by atoms with Gasteiger partial charge in [-0.1, -0.05) is 6.07 Å². The van der Waals surface area contributed by atoms with Crippen LogP contribution in [0.4, 0.5) is 11.4 Å². The smallest absolute Gasteiger partial charge is 0.333 e. The second-order valence-electron chi connectivity index (χ2n) is 4.61. The van der Waals surface area contributed by atoms with Crippen molar-refractivity contribution in [2.75, 3.05) is 11.9 Å². The summed E-state index contributed by atoms with van der Waals surface area (Å²) in [6.07, 6.45) is 0. The number of nitro groups is 1. The average Bonchev–Trinajstić information content (AvgIpc) is 2.76. The fourth-order valence-corrected chi connectivity index (χ4v) is 2.14. The third-order valence-corrected chi connectivity index (χ3v) is 3.22. The van der Waals surface area contributed by atoms with Gasteiger partial charge in [0.2, 0.25) is 0 Å². The number of nitro benzene ring substituents is 1. The molecule has 0 aliphatic carbocycles. The molecule has 7 heteroatoms. The molecule has 0 bridgehead atoms. The van der Waals surface area contributed by atoms with Crippen molar-refractivity contribution in [1.29, 1.82) is 0 Å². The van der Waals surface area contributed by atoms with E-state index in [4.69, 9.17) is 4.74 Å². The normalized spacial score (nSPS) is 10.4. The Morgan fingerprint density at radius 2 is 2.19 bits per heavy atom. The van der Waals surface area contributed by atoms with Crippen molar-refractivity contribution in [3.8, 4) is 5.75 Å². The first-order valence-corrected chi connectivity index (χ1v) is 6.69. The minimum Gasteiger partial charge on any atom is -0.487 e. The molecule has 0 atom stereocenters. The van der Waals surface area contributed by atoms with E-state index in [0.717, 1.165) is 17.0 Å². The summed E-state index contributed by atoms with van der Waals surface area (Å²) >= 11 is 0. The summed E-state index contributed by atoms with van der Waals surface area (Å²) in [5, 5.41) is 21.4. The Balaban J connectivity index is 2.27. The van der Waals surface area contributed by atoms with Crippen LogP contribution < -0.4 is 10.1 Å². The number of anilines is 1. The van der Waals surface area contributed by atoms with Crippen LogP contribution in [-0.4, -0.2) is 21.7 Å². The zero-order chi connectivity index (χ0) is 15.4. The summed E-state index contributed by atoms with van der Waals surface area (Å²) in [6, 6.07) is 5.00. The van der Waals surface area contributed by atoms with Crippen molar-refractivity contribution in [3.05, 3.63) is 45.3 Å². The highest BCUT2D eigenvalue weighted by molar-refractivity contribution is 5.68. The number of aryl methyl sites for hydroxylation is 2. The van der Waals surface area contributed by atoms with Gasteiger partial charge < -0.3 is 10.1 Å². The van der Waals surface area contributed by atoms with E-state index in [9.17, 15) is 10.1 Å². The van der Waals surface area contributed by atoms with E-state index in [1.807, 2.05) is 13.8 Å². The lowest BCUT2D eigenvalue weighted by Crippen LogP contribution is -2.06. The van der Waals surface area contributed by atoms with Gasteiger partial charge in [0.15, 0.2) is 5.75 Å². The van der Waals surface area contributed by atoms with Gasteiger partial charge in [-0.15, -0.1) is 0 Å². The zero-order valence-electron chi connectivity index (χ0n) is 12.3. The first kappa shape index (κ1) is 14.8. The molecule has 0 saturated heterocycles. The number of ether oxygens (including phenoxy) is 1. The van der Waals surface area contributed by atoms with E-state index < -0.39 is 4.92 Å². The molecular weight excluding hydrogens is 272 g/mol. The molecule has 2 rings (SSSR count). The molecule has 0 amide bonds. The van der Waals surface area contributed by atoms with Gasteiger partial charge in [0.05, 0.1) is 17.2 Å². The fraction of sp³-hybridized carbons (Fsp3) is 0.357. The summed E-state index contributed by atoms with van der Waals surface area (Å²) < 4.78 is 5.32. The van der Waals surface area contributed by atoms with Crippen molar-refractivity contribution < 1.29 is 9.66 Å². The quantitative estimate of drug-likeness (QED) is 0.630. The summed E-state index contributed by atoms with van der Waals surface area (Å²) in [7, 11) is 0. The predicted octanol–water partition coefficient (Wildman–Crippen LogP) is 2.95. The first-order valence-electron chi connectivity index (χ1n) is 6.69. The maximum absolute atomic E-state index is 11.3. The van der Waals surface area contributed by atoms with Crippen LogP contribution in [0.25, 0.3) is 0 Å². The number of benzene rings is 1. The largest absolute Gasteiger partial charge is 0.487 e. The van der Waals surface area contributed by atoms with E-state index in [-0.39, 0.29) is 11.4 Å². The van der Waals surface area contributed by atoms with Crippen LogP contribution >= 0.6 is 0 Å². The highest BCUT2D eigenvalue weighted by Gasteiger charge is 2.21. The molecule has 0 fully saturated rings. The van der Waals surface area contributed by atoms with Gasteiger partial charge in [-0.3, -0.25) is 15.2 Å². The summed E-state index contributed by atoms with van der Waals surface area (Å²) in [5.41, 5.74) is 3.22. The molecule has 7 nitrogen and oxygen atoms in total. The van der Waals surface area contributed by atoms with Gasteiger partial charge in [-0.05, 0) is 32.9 Å². The number of hydrogen-bond donors (Lipinski definition) is 2. The lowest BCUT2D eigenvalue weighted by Gasteiger charge is -2.10. The Morgan fingerprint density at radius 1 is 1.43 bits per heavy atom. The molecule has 21 heavy (non-hydrogen) atoms. The van der Waals surface area contributed by atoms with Crippen LogP contribution in [0, 0.1) is 24.0 Å². The van der Waals surface area contributed by atoms with Crippen molar-refractivity contribution in [2.45, 2.75) is 27.3 Å². The van der Waals surface area contributed by atoms with Crippen LogP contribution in [0.1, 0.15) is 23.9 Å². The minimum atomic E-state index is -0.428. The third-order valence-electron chi connectivity index (χ3n) is 3.22. The molecule has 0 saturated carbocycles. The number of hydrogen-bond acceptors (Lipinski definition) is 5. The topological polar surface area (TPSA) is 93.1 Å². The van der Waals surface area contributed by atoms with Gasteiger partial charge >= 0.3 is 5.69 Å². The standard InChI is InChI=1S/C14H18N4O3/c1-4-21-13-7-5-6-12(14(13)18(19)20)15-8-11-9(2)16-17-10(11)3/h5-7,15H,4,8H2,1-3H3,(H,16,17). The number of para-hydroxylation sites is 1. The molecular formula is C14H18N4O3. The number of aromatic amines is 1. The monoisotopic (exact) mass is 290 g/mol. The molecule has 0 spiro atoms. The Hall–Kier alpha value is -2.57. The molecule has 0 aliphatic rings. The molecule has 2 aromatic rings. The van der Waals surface area contributed by atoms with E-state index in [1.54, 1.807) is 25.1 Å². The number of H-pyrrole nitrogens is 1. The summed E-state index contributed by atoms with van der Waals surface area (Å²) in [5.74, 6) is 0.271. The molecule has 2 N–H and O–H groups in total. The van der Waals surface area contributed by atoms with Crippen LogP contribution in [0.5, 0.6) is 5.75 Å². The highest BCUT2D eigenvalue weighted by atomic mass is 16.6. The van der Waals surface area contributed by atoms with Gasteiger partial charge in [0.1, 0.15) is 5.69 Å². The van der Waals surface area contributed by atoms with Crippen LogP contribution in [0.2, 0.25) is 0 Å². The second-order valence-corrected chi connectivity index (χ2v) is 4.61. The number of nitrogens with one attached hydrogen (secondary N) is 2.